The predicted molar refractivity (Wildman–Crippen MR) is 127 cm³/mol. The van der Waals surface area contributed by atoms with Gasteiger partial charge in [0, 0.05) is 13.0 Å². The molecular weight excluding hydrogens is 433 g/mol. The molecule has 8 nitrogen and oxygen atoms in total. The van der Waals surface area contributed by atoms with Crippen molar-refractivity contribution in [1.82, 2.24) is 0 Å². The van der Waals surface area contributed by atoms with Gasteiger partial charge in [-0.15, -0.1) is 0 Å². The summed E-state index contributed by atoms with van der Waals surface area (Å²) in [5.41, 5.74) is 5.19. The van der Waals surface area contributed by atoms with Crippen LogP contribution in [-0.2, 0) is 23.1 Å². The summed E-state index contributed by atoms with van der Waals surface area (Å²) in [5.74, 6) is -0.446. The molecule has 0 aliphatic rings. The lowest BCUT2D eigenvalue weighted by Crippen LogP contribution is -2.27. The molecule has 0 saturated heterocycles. The van der Waals surface area contributed by atoms with Crippen molar-refractivity contribution in [3.63, 3.8) is 0 Å². The fourth-order valence-corrected chi connectivity index (χ4v) is 4.16. The molecule has 9 heteroatoms. The summed E-state index contributed by atoms with van der Waals surface area (Å²) >= 11 is 0. The van der Waals surface area contributed by atoms with Crippen LogP contribution in [0, 0.1) is 0 Å². The van der Waals surface area contributed by atoms with Crippen LogP contribution >= 0.6 is 7.82 Å². The van der Waals surface area contributed by atoms with E-state index in [2.05, 4.69) is 11.4 Å². The number of aliphatic hydroxyl groups is 1. The van der Waals surface area contributed by atoms with Crippen LogP contribution in [0.1, 0.15) is 110 Å². The SMILES string of the molecule is CCCCCCCCCCCCCCCCCC(=O)OC(CO)COP(=O)(O)OCCN. The number of rotatable bonds is 24. The number of unbranched alkanes of at least 4 members (excludes halogenated alkanes) is 14. The van der Waals surface area contributed by atoms with Crippen molar-refractivity contribution < 1.29 is 33.1 Å². The number of nitrogens with two attached hydrogens (primary N) is 1. The third-order valence-electron chi connectivity index (χ3n) is 5.28. The zero-order valence-electron chi connectivity index (χ0n) is 20.2. The Morgan fingerprint density at radius 2 is 1.31 bits per heavy atom. The Morgan fingerprint density at radius 3 is 1.75 bits per heavy atom. The summed E-state index contributed by atoms with van der Waals surface area (Å²) in [7, 11) is -4.26. The maximum Gasteiger partial charge on any atom is 0.472 e. The monoisotopic (exact) mass is 481 g/mol. The summed E-state index contributed by atoms with van der Waals surface area (Å²) < 4.78 is 25.9. The molecule has 4 N–H and O–H groups in total. The van der Waals surface area contributed by atoms with E-state index in [1.807, 2.05) is 0 Å². The van der Waals surface area contributed by atoms with Crippen LogP contribution < -0.4 is 5.73 Å². The molecule has 2 unspecified atom stereocenters. The first-order valence-electron chi connectivity index (χ1n) is 12.6. The maximum absolute atomic E-state index is 11.9. The number of carbonyl (C=O) groups excluding carboxylic acids is 1. The Kier molecular flexibility index (Phi) is 22.0. The second-order valence-corrected chi connectivity index (χ2v) is 9.83. The summed E-state index contributed by atoms with van der Waals surface area (Å²) in [6.07, 6.45) is 18.1. The summed E-state index contributed by atoms with van der Waals surface area (Å²) in [6, 6.07) is 0. The first kappa shape index (κ1) is 31.5. The molecule has 0 fully saturated rings. The lowest BCUT2D eigenvalue weighted by Gasteiger charge is -2.17. The van der Waals surface area contributed by atoms with Gasteiger partial charge in [0.05, 0.1) is 19.8 Å². The highest BCUT2D eigenvalue weighted by Crippen LogP contribution is 2.42. The molecule has 0 aromatic carbocycles. The molecule has 0 heterocycles. The van der Waals surface area contributed by atoms with Gasteiger partial charge in [0.2, 0.25) is 0 Å². The molecule has 0 rings (SSSR count). The zero-order valence-corrected chi connectivity index (χ0v) is 21.1. The molecule has 0 amide bonds. The molecule has 0 aliphatic heterocycles. The van der Waals surface area contributed by atoms with E-state index in [4.69, 9.17) is 15.0 Å². The van der Waals surface area contributed by atoms with Gasteiger partial charge in [0.25, 0.3) is 0 Å². The fraction of sp³-hybridized carbons (Fsp3) is 0.957. The summed E-state index contributed by atoms with van der Waals surface area (Å²) in [6.45, 7) is 1.28. The molecule has 0 aromatic heterocycles. The minimum Gasteiger partial charge on any atom is -0.457 e. The van der Waals surface area contributed by atoms with E-state index >= 15 is 0 Å². The molecule has 0 saturated carbocycles. The van der Waals surface area contributed by atoms with Crippen LogP contribution in [0.2, 0.25) is 0 Å². The van der Waals surface area contributed by atoms with Crippen LogP contribution in [0.25, 0.3) is 0 Å². The Balaban J connectivity index is 3.55. The third kappa shape index (κ3) is 21.4. The number of esters is 1. The van der Waals surface area contributed by atoms with Crippen molar-refractivity contribution >= 4 is 13.8 Å². The van der Waals surface area contributed by atoms with Crippen LogP contribution in [0.3, 0.4) is 0 Å². The Morgan fingerprint density at radius 1 is 0.844 bits per heavy atom. The second kappa shape index (κ2) is 22.3. The van der Waals surface area contributed by atoms with Gasteiger partial charge in [-0.05, 0) is 6.42 Å². The predicted octanol–water partition coefficient (Wildman–Crippen LogP) is 5.24. The Labute approximate surface area is 195 Å². The minimum atomic E-state index is -4.26. The number of hydrogen-bond acceptors (Lipinski definition) is 7. The van der Waals surface area contributed by atoms with E-state index in [0.29, 0.717) is 0 Å². The fourth-order valence-electron chi connectivity index (χ4n) is 3.39. The average molecular weight is 482 g/mol. The average Bonchev–Trinajstić information content (AvgIpc) is 2.77. The van der Waals surface area contributed by atoms with Crippen molar-refractivity contribution in [1.29, 1.82) is 0 Å². The van der Waals surface area contributed by atoms with Crippen LogP contribution in [-0.4, -0.2) is 48.4 Å². The van der Waals surface area contributed by atoms with Gasteiger partial charge in [-0.25, -0.2) is 4.57 Å². The van der Waals surface area contributed by atoms with E-state index in [1.165, 1.54) is 77.0 Å². The van der Waals surface area contributed by atoms with Crippen LogP contribution in [0.5, 0.6) is 0 Å². The molecular formula is C23H48NO7P. The van der Waals surface area contributed by atoms with Crippen molar-refractivity contribution in [2.75, 3.05) is 26.4 Å². The van der Waals surface area contributed by atoms with E-state index < -0.39 is 33.1 Å². The number of aliphatic hydroxyl groups excluding tert-OH is 1. The first-order chi connectivity index (χ1) is 15.4. The van der Waals surface area contributed by atoms with Crippen molar-refractivity contribution in [2.24, 2.45) is 5.73 Å². The first-order valence-corrected chi connectivity index (χ1v) is 14.1. The van der Waals surface area contributed by atoms with Gasteiger partial charge in [-0.1, -0.05) is 96.8 Å². The topological polar surface area (TPSA) is 128 Å². The van der Waals surface area contributed by atoms with Gasteiger partial charge in [-0.3, -0.25) is 13.8 Å². The van der Waals surface area contributed by atoms with Crippen molar-refractivity contribution in [3.05, 3.63) is 0 Å². The number of phosphoric acid groups is 1. The largest absolute Gasteiger partial charge is 0.472 e. The lowest BCUT2D eigenvalue weighted by molar-refractivity contribution is -0.153. The van der Waals surface area contributed by atoms with E-state index in [1.54, 1.807) is 0 Å². The van der Waals surface area contributed by atoms with Gasteiger partial charge in [0.15, 0.2) is 0 Å². The van der Waals surface area contributed by atoms with Gasteiger partial charge in [0.1, 0.15) is 6.10 Å². The van der Waals surface area contributed by atoms with E-state index in [0.717, 1.165) is 19.3 Å². The highest BCUT2D eigenvalue weighted by Gasteiger charge is 2.24. The number of ether oxygens (including phenoxy) is 1. The number of carbonyl (C=O) groups is 1. The highest BCUT2D eigenvalue weighted by molar-refractivity contribution is 7.47. The maximum atomic E-state index is 11.9. The zero-order chi connectivity index (χ0) is 23.9. The Bertz CT molecular complexity index is 479. The highest BCUT2D eigenvalue weighted by atomic mass is 31.2. The second-order valence-electron chi connectivity index (χ2n) is 8.38. The molecule has 32 heavy (non-hydrogen) atoms. The summed E-state index contributed by atoms with van der Waals surface area (Å²) in [4.78, 5) is 21.3. The van der Waals surface area contributed by atoms with Crippen LogP contribution in [0.4, 0.5) is 0 Å². The molecule has 0 aliphatic carbocycles. The molecule has 0 spiro atoms. The van der Waals surface area contributed by atoms with Crippen molar-refractivity contribution in [2.45, 2.75) is 116 Å². The third-order valence-corrected chi connectivity index (χ3v) is 6.27. The molecule has 0 bridgehead atoms. The smallest absolute Gasteiger partial charge is 0.457 e. The molecule has 0 aromatic rings. The van der Waals surface area contributed by atoms with E-state index in [-0.39, 0.29) is 19.6 Å². The van der Waals surface area contributed by atoms with Gasteiger partial charge in [-0.2, -0.15) is 0 Å². The van der Waals surface area contributed by atoms with Crippen LogP contribution in [0.15, 0.2) is 0 Å². The number of phosphoric ester groups is 1. The van der Waals surface area contributed by atoms with Gasteiger partial charge < -0.3 is 20.5 Å². The standard InChI is InChI=1S/C23H48NO7P/c1-2-3-4-5-6-7-8-9-10-11-12-13-14-15-16-17-23(26)31-22(20-25)21-30-32(27,28)29-19-18-24/h22,25H,2-21,24H2,1H3,(H,27,28). The summed E-state index contributed by atoms with van der Waals surface area (Å²) in [5, 5.41) is 9.26. The molecule has 192 valence electrons. The Hall–Kier alpha value is -0.500. The van der Waals surface area contributed by atoms with Crippen molar-refractivity contribution in [3.8, 4) is 0 Å². The van der Waals surface area contributed by atoms with Gasteiger partial charge >= 0.3 is 13.8 Å². The molecule has 2 atom stereocenters. The lowest BCUT2D eigenvalue weighted by atomic mass is 10.0. The number of hydrogen-bond donors (Lipinski definition) is 3. The minimum absolute atomic E-state index is 0.0750. The quantitative estimate of drug-likeness (QED) is 0.0969. The molecule has 0 radical (unpaired) electrons. The van der Waals surface area contributed by atoms with E-state index in [9.17, 15) is 19.4 Å². The normalized spacial score (nSPS) is 14.2.